The molecule has 0 spiro atoms. The Morgan fingerprint density at radius 2 is 1.96 bits per heavy atom. The lowest BCUT2D eigenvalue weighted by Gasteiger charge is -2.41. The lowest BCUT2D eigenvalue weighted by molar-refractivity contribution is -0.137. The highest BCUT2D eigenvalue weighted by atomic mass is 19.4. The van der Waals surface area contributed by atoms with Crippen molar-refractivity contribution in [2.45, 2.75) is 32.5 Å². The summed E-state index contributed by atoms with van der Waals surface area (Å²) in [7, 11) is 0. The zero-order valence-corrected chi connectivity index (χ0v) is 13.1. The van der Waals surface area contributed by atoms with E-state index in [2.05, 4.69) is 28.4 Å². The number of hydrogen-bond donors (Lipinski definition) is 0. The molecule has 0 atom stereocenters. The average Bonchev–Trinajstić information content (AvgIpc) is 2.90. The highest BCUT2D eigenvalue weighted by molar-refractivity contribution is 5.50. The van der Waals surface area contributed by atoms with E-state index < -0.39 is 11.7 Å². The van der Waals surface area contributed by atoms with Crippen LogP contribution in [0.1, 0.15) is 31.2 Å². The summed E-state index contributed by atoms with van der Waals surface area (Å²) in [6.07, 6.45) is 0.737. The van der Waals surface area contributed by atoms with Crippen LogP contribution in [-0.4, -0.2) is 27.6 Å². The molecule has 0 unspecified atom stereocenters. The Bertz CT molecular complexity index is 672. The zero-order valence-electron chi connectivity index (χ0n) is 13.1. The van der Waals surface area contributed by atoms with Crippen LogP contribution in [0.15, 0.2) is 30.7 Å². The normalized spacial score (nSPS) is 16.0. The summed E-state index contributed by atoms with van der Waals surface area (Å²) in [4.78, 5) is 9.96. The molecule has 3 rings (SSSR count). The van der Waals surface area contributed by atoms with E-state index >= 15 is 0 Å². The Balaban J connectivity index is 1.67. The minimum absolute atomic E-state index is 0.0333. The van der Waals surface area contributed by atoms with Crippen LogP contribution in [0.25, 0.3) is 0 Å². The molecule has 1 aliphatic heterocycles. The van der Waals surface area contributed by atoms with Gasteiger partial charge in [0.05, 0.1) is 5.56 Å². The molecule has 1 saturated heterocycles. The Morgan fingerprint density at radius 1 is 1.22 bits per heavy atom. The maximum atomic E-state index is 13.0. The first-order valence-electron chi connectivity index (χ1n) is 7.64. The summed E-state index contributed by atoms with van der Waals surface area (Å²) in [6.45, 7) is 6.09. The van der Waals surface area contributed by atoms with Crippen LogP contribution in [-0.2, 0) is 12.7 Å². The molecule has 0 amide bonds. The third kappa shape index (κ3) is 3.18. The highest BCUT2D eigenvalue weighted by Crippen LogP contribution is 2.37. The lowest BCUT2D eigenvalue weighted by Crippen LogP contribution is -2.49. The van der Waals surface area contributed by atoms with Gasteiger partial charge in [-0.25, -0.2) is 9.97 Å². The molecule has 0 aliphatic carbocycles. The summed E-state index contributed by atoms with van der Waals surface area (Å²) < 4.78 is 41.2. The van der Waals surface area contributed by atoms with Gasteiger partial charge < -0.3 is 9.47 Å². The second-order valence-corrected chi connectivity index (χ2v) is 6.24. The van der Waals surface area contributed by atoms with Crippen LogP contribution < -0.4 is 4.90 Å². The van der Waals surface area contributed by atoms with Gasteiger partial charge in [-0.2, -0.15) is 13.2 Å². The Labute approximate surface area is 133 Å². The van der Waals surface area contributed by atoms with Crippen molar-refractivity contribution in [1.82, 2.24) is 14.5 Å². The third-order valence-electron chi connectivity index (χ3n) is 4.07. The average molecular weight is 324 g/mol. The van der Waals surface area contributed by atoms with Gasteiger partial charge in [-0.05, 0) is 12.1 Å². The second-order valence-electron chi connectivity index (χ2n) is 6.24. The van der Waals surface area contributed by atoms with E-state index in [1.54, 1.807) is 11.1 Å². The first-order chi connectivity index (χ1) is 10.9. The summed E-state index contributed by atoms with van der Waals surface area (Å²) in [5, 5.41) is 0. The highest BCUT2D eigenvalue weighted by Gasteiger charge is 2.38. The standard InChI is InChI=1S/C16H19F3N4/c1-11(2)14-21-6-7-22(14)8-12-9-23(10-12)15-13(16(17,18)19)4-3-5-20-15/h3-7,11-12H,8-10H2,1-2H3. The van der Waals surface area contributed by atoms with Crippen molar-refractivity contribution in [3.63, 3.8) is 0 Å². The van der Waals surface area contributed by atoms with E-state index in [1.165, 1.54) is 12.3 Å². The number of pyridine rings is 1. The molecule has 4 nitrogen and oxygen atoms in total. The van der Waals surface area contributed by atoms with E-state index in [4.69, 9.17) is 0 Å². The van der Waals surface area contributed by atoms with Crippen LogP contribution in [0.2, 0.25) is 0 Å². The number of imidazole rings is 1. The van der Waals surface area contributed by atoms with Gasteiger partial charge in [0, 0.05) is 50.1 Å². The summed E-state index contributed by atoms with van der Waals surface area (Å²) >= 11 is 0. The first kappa shape index (κ1) is 15.8. The van der Waals surface area contributed by atoms with E-state index in [1.807, 2.05) is 6.20 Å². The molecule has 0 saturated carbocycles. The van der Waals surface area contributed by atoms with Crippen molar-refractivity contribution in [1.29, 1.82) is 0 Å². The number of hydrogen-bond acceptors (Lipinski definition) is 3. The molecule has 124 valence electrons. The van der Waals surface area contributed by atoms with Crippen LogP contribution in [0.4, 0.5) is 19.0 Å². The molecule has 0 aromatic carbocycles. The predicted molar refractivity (Wildman–Crippen MR) is 81.3 cm³/mol. The minimum atomic E-state index is -4.37. The van der Waals surface area contributed by atoms with E-state index in [0.717, 1.165) is 18.4 Å². The van der Waals surface area contributed by atoms with Crippen LogP contribution in [0, 0.1) is 5.92 Å². The SMILES string of the molecule is CC(C)c1nccn1CC1CN(c2ncccc2C(F)(F)F)C1. The molecule has 23 heavy (non-hydrogen) atoms. The Morgan fingerprint density at radius 3 is 2.61 bits per heavy atom. The topological polar surface area (TPSA) is 34.0 Å². The van der Waals surface area contributed by atoms with Gasteiger partial charge in [-0.3, -0.25) is 0 Å². The molecule has 1 aliphatic rings. The van der Waals surface area contributed by atoms with E-state index in [-0.39, 0.29) is 5.82 Å². The fourth-order valence-electron chi connectivity index (χ4n) is 2.98. The molecule has 2 aromatic heterocycles. The number of aromatic nitrogens is 3. The predicted octanol–water partition coefficient (Wildman–Crippen LogP) is 3.56. The first-order valence-corrected chi connectivity index (χ1v) is 7.64. The quantitative estimate of drug-likeness (QED) is 0.862. The van der Waals surface area contributed by atoms with Gasteiger partial charge in [0.1, 0.15) is 11.6 Å². The number of alkyl halides is 3. The van der Waals surface area contributed by atoms with Crippen LogP contribution in [0.3, 0.4) is 0 Å². The molecule has 7 heteroatoms. The van der Waals surface area contributed by atoms with E-state index in [0.29, 0.717) is 24.9 Å². The largest absolute Gasteiger partial charge is 0.419 e. The van der Waals surface area contributed by atoms with Crippen molar-refractivity contribution >= 4 is 5.82 Å². The molecule has 1 fully saturated rings. The molecular formula is C16H19F3N4. The Kier molecular flexibility index (Phi) is 4.04. The minimum Gasteiger partial charge on any atom is -0.355 e. The monoisotopic (exact) mass is 324 g/mol. The fraction of sp³-hybridized carbons (Fsp3) is 0.500. The number of rotatable bonds is 4. The maximum absolute atomic E-state index is 13.0. The number of halogens is 3. The molecule has 2 aromatic rings. The van der Waals surface area contributed by atoms with Crippen molar-refractivity contribution in [3.05, 3.63) is 42.1 Å². The van der Waals surface area contributed by atoms with Crippen LogP contribution >= 0.6 is 0 Å². The lowest BCUT2D eigenvalue weighted by atomic mass is 9.99. The third-order valence-corrected chi connectivity index (χ3v) is 4.07. The van der Waals surface area contributed by atoms with Crippen molar-refractivity contribution in [2.75, 3.05) is 18.0 Å². The molecule has 0 radical (unpaired) electrons. The fourth-order valence-corrected chi connectivity index (χ4v) is 2.98. The van der Waals surface area contributed by atoms with Crippen molar-refractivity contribution in [3.8, 4) is 0 Å². The van der Waals surface area contributed by atoms with Gasteiger partial charge in [0.2, 0.25) is 0 Å². The summed E-state index contributed by atoms with van der Waals surface area (Å²) in [5.41, 5.74) is -0.663. The van der Waals surface area contributed by atoms with Gasteiger partial charge in [0.15, 0.2) is 0 Å². The van der Waals surface area contributed by atoms with Crippen LogP contribution in [0.5, 0.6) is 0 Å². The summed E-state index contributed by atoms with van der Waals surface area (Å²) in [6, 6.07) is 2.41. The molecule has 0 bridgehead atoms. The zero-order chi connectivity index (χ0) is 16.6. The van der Waals surface area contributed by atoms with Gasteiger partial charge in [-0.1, -0.05) is 13.8 Å². The molecule has 0 N–H and O–H groups in total. The molecular weight excluding hydrogens is 305 g/mol. The summed E-state index contributed by atoms with van der Waals surface area (Å²) in [5.74, 6) is 1.68. The van der Waals surface area contributed by atoms with Crippen molar-refractivity contribution in [2.24, 2.45) is 5.92 Å². The number of anilines is 1. The molecule has 3 heterocycles. The van der Waals surface area contributed by atoms with Crippen molar-refractivity contribution < 1.29 is 13.2 Å². The van der Waals surface area contributed by atoms with Gasteiger partial charge >= 0.3 is 6.18 Å². The smallest absolute Gasteiger partial charge is 0.355 e. The van der Waals surface area contributed by atoms with E-state index in [9.17, 15) is 13.2 Å². The Hall–Kier alpha value is -2.05. The second kappa shape index (κ2) is 5.86. The van der Waals surface area contributed by atoms with Gasteiger partial charge in [-0.15, -0.1) is 0 Å². The maximum Gasteiger partial charge on any atom is 0.419 e. The van der Waals surface area contributed by atoms with Gasteiger partial charge in [0.25, 0.3) is 0 Å². The number of nitrogens with zero attached hydrogens (tertiary/aromatic N) is 4.